The number of nitro benzene ring substituents is 1. The summed E-state index contributed by atoms with van der Waals surface area (Å²) >= 11 is 1.68. The molecule has 1 aromatic carbocycles. The Labute approximate surface area is 173 Å². The Morgan fingerprint density at radius 3 is 2.69 bits per heavy atom. The Balaban J connectivity index is 1.43. The van der Waals surface area contributed by atoms with Gasteiger partial charge in [0.15, 0.2) is 0 Å². The molecule has 1 aliphatic rings. The number of hydrogen-bond donors (Lipinski definition) is 3. The van der Waals surface area contributed by atoms with Crippen LogP contribution in [0.25, 0.3) is 0 Å². The van der Waals surface area contributed by atoms with Gasteiger partial charge in [0.1, 0.15) is 5.69 Å². The molecule has 1 aliphatic heterocycles. The summed E-state index contributed by atoms with van der Waals surface area (Å²) < 4.78 is 5.43. The highest BCUT2D eigenvalue weighted by molar-refractivity contribution is 7.10. The number of rotatable bonds is 9. The third-order valence-corrected chi connectivity index (χ3v) is 5.61. The zero-order chi connectivity index (χ0) is 20.5. The molecule has 2 heterocycles. The first-order valence-corrected chi connectivity index (χ1v) is 10.4. The smallest absolute Gasteiger partial charge is 0.314 e. The number of ether oxygens (including phenoxy) is 1. The van der Waals surface area contributed by atoms with E-state index in [1.54, 1.807) is 29.5 Å². The molecule has 1 saturated heterocycles. The molecule has 1 atom stereocenters. The lowest BCUT2D eigenvalue weighted by Gasteiger charge is -2.34. The summed E-state index contributed by atoms with van der Waals surface area (Å²) in [6.07, 6.45) is 0. The maximum absolute atomic E-state index is 12.2. The number of thiophene rings is 1. The Kier molecular flexibility index (Phi) is 7.79. The van der Waals surface area contributed by atoms with Crippen molar-refractivity contribution in [3.8, 4) is 0 Å². The molecule has 3 N–H and O–H groups in total. The molecular formula is C19H25N5O4S. The molecule has 0 radical (unpaired) electrons. The summed E-state index contributed by atoms with van der Waals surface area (Å²) in [5, 5.41) is 21.8. The maximum atomic E-state index is 12.2. The number of anilines is 1. The van der Waals surface area contributed by atoms with Crippen molar-refractivity contribution >= 4 is 28.7 Å². The van der Waals surface area contributed by atoms with E-state index in [9.17, 15) is 14.9 Å². The quantitative estimate of drug-likeness (QED) is 0.327. The average Bonchev–Trinajstić information content (AvgIpc) is 3.27. The van der Waals surface area contributed by atoms with Gasteiger partial charge >= 0.3 is 6.03 Å². The van der Waals surface area contributed by atoms with E-state index >= 15 is 0 Å². The molecule has 2 aromatic rings. The van der Waals surface area contributed by atoms with Gasteiger partial charge < -0.3 is 20.7 Å². The van der Waals surface area contributed by atoms with Gasteiger partial charge in [-0.3, -0.25) is 15.0 Å². The number of carbonyl (C=O) groups excluding carboxylic acids is 1. The van der Waals surface area contributed by atoms with Crippen LogP contribution in [0.15, 0.2) is 41.8 Å². The van der Waals surface area contributed by atoms with Crippen LogP contribution in [0.1, 0.15) is 10.9 Å². The predicted molar refractivity (Wildman–Crippen MR) is 112 cm³/mol. The Morgan fingerprint density at radius 2 is 1.97 bits per heavy atom. The molecule has 0 spiro atoms. The number of carbonyl (C=O) groups is 1. The lowest BCUT2D eigenvalue weighted by Crippen LogP contribution is -2.46. The SMILES string of the molecule is O=C(NCCNc1ccccc1[N+](=O)[O-])NC[C@H](c1cccs1)N1CCOCC1. The average molecular weight is 420 g/mol. The number of morpholine rings is 1. The van der Waals surface area contributed by atoms with E-state index < -0.39 is 4.92 Å². The van der Waals surface area contributed by atoms with E-state index in [1.165, 1.54) is 10.9 Å². The zero-order valence-corrected chi connectivity index (χ0v) is 16.8. The van der Waals surface area contributed by atoms with E-state index in [-0.39, 0.29) is 17.8 Å². The topological polar surface area (TPSA) is 109 Å². The summed E-state index contributed by atoms with van der Waals surface area (Å²) in [6.45, 7) is 4.31. The first-order chi connectivity index (χ1) is 14.1. The van der Waals surface area contributed by atoms with Crippen molar-refractivity contribution in [2.24, 2.45) is 0 Å². The molecule has 29 heavy (non-hydrogen) atoms. The van der Waals surface area contributed by atoms with Crippen LogP contribution in [0.2, 0.25) is 0 Å². The minimum absolute atomic E-state index is 0.0150. The molecule has 10 heteroatoms. The molecule has 9 nitrogen and oxygen atoms in total. The van der Waals surface area contributed by atoms with Gasteiger partial charge in [-0.2, -0.15) is 0 Å². The van der Waals surface area contributed by atoms with Gasteiger partial charge in [-0.1, -0.05) is 18.2 Å². The first-order valence-electron chi connectivity index (χ1n) is 9.49. The number of nitro groups is 1. The number of urea groups is 1. The molecule has 0 aliphatic carbocycles. The summed E-state index contributed by atoms with van der Waals surface area (Å²) in [5.74, 6) is 0. The third kappa shape index (κ3) is 6.14. The maximum Gasteiger partial charge on any atom is 0.314 e. The van der Waals surface area contributed by atoms with Gasteiger partial charge in [0.25, 0.3) is 5.69 Å². The normalized spacial score (nSPS) is 15.4. The van der Waals surface area contributed by atoms with Crippen molar-refractivity contribution in [3.05, 3.63) is 56.8 Å². The van der Waals surface area contributed by atoms with Crippen LogP contribution < -0.4 is 16.0 Å². The summed E-state index contributed by atoms with van der Waals surface area (Å²) in [6, 6.07) is 10.4. The Morgan fingerprint density at radius 1 is 1.17 bits per heavy atom. The minimum atomic E-state index is -0.432. The number of benzene rings is 1. The highest BCUT2D eigenvalue weighted by Crippen LogP contribution is 2.25. The number of nitrogens with one attached hydrogen (secondary N) is 3. The largest absolute Gasteiger partial charge is 0.379 e. The highest BCUT2D eigenvalue weighted by Gasteiger charge is 2.23. The van der Waals surface area contributed by atoms with E-state index in [2.05, 4.69) is 26.9 Å². The molecule has 0 bridgehead atoms. The minimum Gasteiger partial charge on any atom is -0.379 e. The predicted octanol–water partition coefficient (Wildman–Crippen LogP) is 2.44. The van der Waals surface area contributed by atoms with Gasteiger partial charge in [0.2, 0.25) is 0 Å². The van der Waals surface area contributed by atoms with Crippen molar-refractivity contribution in [1.29, 1.82) is 0 Å². The lowest BCUT2D eigenvalue weighted by molar-refractivity contribution is -0.384. The summed E-state index contributed by atoms with van der Waals surface area (Å²) in [5.41, 5.74) is 0.450. The van der Waals surface area contributed by atoms with E-state index in [4.69, 9.17) is 4.74 Å². The fourth-order valence-corrected chi connectivity index (χ4v) is 4.05. The molecule has 3 rings (SSSR count). The van der Waals surface area contributed by atoms with Crippen LogP contribution >= 0.6 is 11.3 Å². The van der Waals surface area contributed by atoms with E-state index in [0.717, 1.165) is 13.1 Å². The summed E-state index contributed by atoms with van der Waals surface area (Å²) in [4.78, 5) is 26.3. The van der Waals surface area contributed by atoms with Crippen LogP contribution in [-0.4, -0.2) is 61.8 Å². The second-order valence-corrected chi connectivity index (χ2v) is 7.50. The fourth-order valence-electron chi connectivity index (χ4n) is 3.19. The number of hydrogen-bond acceptors (Lipinski definition) is 7. The van der Waals surface area contributed by atoms with Crippen molar-refractivity contribution in [2.45, 2.75) is 6.04 Å². The van der Waals surface area contributed by atoms with Crippen LogP contribution in [0, 0.1) is 10.1 Å². The van der Waals surface area contributed by atoms with Crippen molar-refractivity contribution in [2.75, 3.05) is 51.3 Å². The summed E-state index contributed by atoms with van der Waals surface area (Å²) in [7, 11) is 0. The monoisotopic (exact) mass is 419 g/mol. The fraction of sp³-hybridized carbons (Fsp3) is 0.421. The number of para-hydroxylation sites is 2. The highest BCUT2D eigenvalue weighted by atomic mass is 32.1. The van der Waals surface area contributed by atoms with E-state index in [1.807, 2.05) is 11.4 Å². The first kappa shape index (κ1) is 21.0. The second kappa shape index (κ2) is 10.7. The Hall–Kier alpha value is -2.69. The van der Waals surface area contributed by atoms with Crippen molar-refractivity contribution < 1.29 is 14.5 Å². The van der Waals surface area contributed by atoms with Crippen LogP contribution in [0.4, 0.5) is 16.2 Å². The third-order valence-electron chi connectivity index (χ3n) is 4.64. The van der Waals surface area contributed by atoms with Crippen LogP contribution in [-0.2, 0) is 4.74 Å². The van der Waals surface area contributed by atoms with Crippen molar-refractivity contribution in [1.82, 2.24) is 15.5 Å². The van der Waals surface area contributed by atoms with Gasteiger partial charge in [0.05, 0.1) is 24.2 Å². The molecule has 0 saturated carbocycles. The van der Waals surface area contributed by atoms with Crippen LogP contribution in [0.5, 0.6) is 0 Å². The zero-order valence-electron chi connectivity index (χ0n) is 16.0. The molecule has 156 valence electrons. The standard InChI is InChI=1S/C19H25N5O4S/c25-19(21-8-7-20-15-4-1-2-5-16(15)24(26)27)22-14-17(18-6-3-13-29-18)23-9-11-28-12-10-23/h1-6,13,17,20H,7-12,14H2,(H2,21,22,25)/t17-/m1/s1. The number of nitrogens with zero attached hydrogens (tertiary/aromatic N) is 2. The number of amides is 2. The molecule has 0 unspecified atom stereocenters. The van der Waals surface area contributed by atoms with Gasteiger partial charge in [-0.25, -0.2) is 4.79 Å². The lowest BCUT2D eigenvalue weighted by atomic mass is 10.2. The van der Waals surface area contributed by atoms with Gasteiger partial charge in [0, 0.05) is 43.7 Å². The molecule has 1 aromatic heterocycles. The van der Waals surface area contributed by atoms with E-state index in [0.29, 0.717) is 38.5 Å². The molecule has 1 fully saturated rings. The molecule has 2 amide bonds. The van der Waals surface area contributed by atoms with Crippen LogP contribution in [0.3, 0.4) is 0 Å². The Bertz CT molecular complexity index is 796. The van der Waals surface area contributed by atoms with Gasteiger partial charge in [-0.05, 0) is 17.5 Å². The molecular weight excluding hydrogens is 394 g/mol. The second-order valence-electron chi connectivity index (χ2n) is 6.52. The van der Waals surface area contributed by atoms with Gasteiger partial charge in [-0.15, -0.1) is 11.3 Å². The van der Waals surface area contributed by atoms with Crippen molar-refractivity contribution in [3.63, 3.8) is 0 Å².